The maximum atomic E-state index is 12.6. The third-order valence-corrected chi connectivity index (χ3v) is 4.91. The summed E-state index contributed by atoms with van der Waals surface area (Å²) < 4.78 is 5.19. The van der Waals surface area contributed by atoms with Crippen LogP contribution in [0.3, 0.4) is 0 Å². The van der Waals surface area contributed by atoms with Gasteiger partial charge in [0.05, 0.1) is 18.8 Å². The van der Waals surface area contributed by atoms with Crippen LogP contribution in [0.1, 0.15) is 34.5 Å². The number of aromatic nitrogens is 5. The summed E-state index contributed by atoms with van der Waals surface area (Å²) in [5, 5.41) is 16.9. The van der Waals surface area contributed by atoms with Gasteiger partial charge in [0.25, 0.3) is 5.91 Å². The summed E-state index contributed by atoms with van der Waals surface area (Å²) in [7, 11) is 0. The number of rotatable bonds is 7. The minimum Gasteiger partial charge on any atom is -0.372 e. The second-order valence-corrected chi connectivity index (χ2v) is 6.89. The molecule has 3 heterocycles. The van der Waals surface area contributed by atoms with Crippen molar-refractivity contribution in [1.29, 1.82) is 0 Å². The number of fused-ring (bicyclic) bond motifs is 1. The monoisotopic (exact) mass is 409 g/mol. The molecule has 1 aliphatic rings. The first kappa shape index (κ1) is 19.8. The first-order valence-corrected chi connectivity index (χ1v) is 9.82. The van der Waals surface area contributed by atoms with Crippen molar-refractivity contribution in [2.45, 2.75) is 26.4 Å². The first-order chi connectivity index (χ1) is 14.7. The van der Waals surface area contributed by atoms with Gasteiger partial charge in [0, 0.05) is 24.3 Å². The van der Waals surface area contributed by atoms with E-state index in [0.29, 0.717) is 43.5 Å². The van der Waals surface area contributed by atoms with E-state index in [1.807, 2.05) is 37.3 Å². The van der Waals surface area contributed by atoms with Gasteiger partial charge >= 0.3 is 0 Å². The molecule has 0 spiro atoms. The summed E-state index contributed by atoms with van der Waals surface area (Å²) in [4.78, 5) is 30.9. The van der Waals surface area contributed by atoms with Gasteiger partial charge in [0.1, 0.15) is 12.4 Å². The zero-order chi connectivity index (χ0) is 20.9. The van der Waals surface area contributed by atoms with Gasteiger partial charge in [-0.15, -0.1) is 0 Å². The molecule has 0 saturated heterocycles. The average molecular weight is 409 g/mol. The fourth-order valence-electron chi connectivity index (χ4n) is 3.34. The number of carbonyl (C=O) groups excluding carboxylic acids is 2. The van der Waals surface area contributed by atoms with Gasteiger partial charge in [-0.3, -0.25) is 19.8 Å². The van der Waals surface area contributed by atoms with Crippen LogP contribution in [0.5, 0.6) is 0 Å². The summed E-state index contributed by atoms with van der Waals surface area (Å²) in [5.74, 6) is 0.773. The molecule has 30 heavy (non-hydrogen) atoms. The minimum absolute atomic E-state index is 0.0649. The highest BCUT2D eigenvalue weighted by molar-refractivity contribution is 5.94. The predicted octanol–water partition coefficient (Wildman–Crippen LogP) is 1.05. The first-order valence-electron chi connectivity index (χ1n) is 9.82. The number of carbonyl (C=O) groups is 2. The van der Waals surface area contributed by atoms with Crippen molar-refractivity contribution in [3.05, 3.63) is 53.1 Å². The topological polar surface area (TPSA) is 129 Å². The molecular formula is C20H23N7O3. The predicted molar refractivity (Wildman–Crippen MR) is 107 cm³/mol. The highest BCUT2D eigenvalue weighted by Crippen LogP contribution is 2.20. The quantitative estimate of drug-likeness (QED) is 0.535. The maximum Gasteiger partial charge on any atom is 0.272 e. The van der Waals surface area contributed by atoms with Gasteiger partial charge < -0.3 is 15.0 Å². The van der Waals surface area contributed by atoms with E-state index in [0.717, 1.165) is 16.8 Å². The van der Waals surface area contributed by atoms with Crippen LogP contribution in [-0.4, -0.2) is 61.9 Å². The number of H-pyrrole nitrogens is 2. The Kier molecular flexibility index (Phi) is 5.84. The second-order valence-electron chi connectivity index (χ2n) is 6.89. The van der Waals surface area contributed by atoms with Gasteiger partial charge in [-0.05, 0) is 13.3 Å². The number of amides is 2. The van der Waals surface area contributed by atoms with Crippen molar-refractivity contribution in [2.75, 3.05) is 19.8 Å². The van der Waals surface area contributed by atoms with E-state index < -0.39 is 0 Å². The molecule has 156 valence electrons. The molecule has 0 atom stereocenters. The normalized spacial score (nSPS) is 13.2. The van der Waals surface area contributed by atoms with Gasteiger partial charge in [-0.2, -0.15) is 10.2 Å². The van der Waals surface area contributed by atoms with E-state index in [1.165, 1.54) is 0 Å². The van der Waals surface area contributed by atoms with E-state index >= 15 is 0 Å². The van der Waals surface area contributed by atoms with Crippen LogP contribution in [0.15, 0.2) is 30.3 Å². The fraction of sp³-hybridized carbons (Fsp3) is 0.350. The van der Waals surface area contributed by atoms with Crippen molar-refractivity contribution in [3.63, 3.8) is 0 Å². The van der Waals surface area contributed by atoms with Crippen LogP contribution in [0.25, 0.3) is 11.4 Å². The largest absolute Gasteiger partial charge is 0.372 e. The average Bonchev–Trinajstić information content (AvgIpc) is 3.43. The Morgan fingerprint density at radius 3 is 2.83 bits per heavy atom. The van der Waals surface area contributed by atoms with Gasteiger partial charge in [-0.25, -0.2) is 4.98 Å². The van der Waals surface area contributed by atoms with Crippen molar-refractivity contribution in [2.24, 2.45) is 0 Å². The molecule has 0 fully saturated rings. The van der Waals surface area contributed by atoms with Gasteiger partial charge in [-0.1, -0.05) is 30.3 Å². The van der Waals surface area contributed by atoms with Crippen molar-refractivity contribution in [3.8, 4) is 11.4 Å². The van der Waals surface area contributed by atoms with Gasteiger partial charge in [0.2, 0.25) is 5.91 Å². The molecule has 10 nitrogen and oxygen atoms in total. The summed E-state index contributed by atoms with van der Waals surface area (Å²) in [5.41, 5.74) is 2.87. The fourth-order valence-corrected chi connectivity index (χ4v) is 3.34. The number of hydrogen-bond donors (Lipinski definition) is 3. The molecule has 1 aliphatic heterocycles. The molecule has 0 radical (unpaired) electrons. The second kappa shape index (κ2) is 8.87. The molecule has 0 unspecified atom stereocenters. The highest BCUT2D eigenvalue weighted by atomic mass is 16.5. The number of benzene rings is 1. The molecule has 0 bridgehead atoms. The van der Waals surface area contributed by atoms with Crippen LogP contribution in [-0.2, 0) is 29.0 Å². The van der Waals surface area contributed by atoms with E-state index in [4.69, 9.17) is 4.74 Å². The molecule has 0 aliphatic carbocycles. The molecule has 3 aromatic rings. The Hall–Kier alpha value is -3.53. The number of nitrogens with one attached hydrogen (secondary N) is 3. The lowest BCUT2D eigenvalue weighted by atomic mass is 10.0. The summed E-state index contributed by atoms with van der Waals surface area (Å²) in [6.45, 7) is 3.54. The Morgan fingerprint density at radius 2 is 2.03 bits per heavy atom. The van der Waals surface area contributed by atoms with E-state index in [1.54, 1.807) is 4.90 Å². The van der Waals surface area contributed by atoms with Crippen LogP contribution in [0, 0.1) is 0 Å². The summed E-state index contributed by atoms with van der Waals surface area (Å²) >= 11 is 0. The third kappa shape index (κ3) is 4.23. The number of aromatic amines is 2. The zero-order valence-corrected chi connectivity index (χ0v) is 16.6. The van der Waals surface area contributed by atoms with Crippen molar-refractivity contribution >= 4 is 11.8 Å². The Bertz CT molecular complexity index is 1030. The van der Waals surface area contributed by atoms with Gasteiger partial charge in [0.15, 0.2) is 11.5 Å². The van der Waals surface area contributed by atoms with Crippen LogP contribution in [0.4, 0.5) is 0 Å². The zero-order valence-electron chi connectivity index (χ0n) is 16.6. The Balaban J connectivity index is 1.36. The SMILES string of the molecule is CCOCC(=O)N1CCc2c(C(=O)NCc3nc(-c4ccccc4)n[nH]3)n[nH]c2C1. The third-order valence-electron chi connectivity index (χ3n) is 4.91. The van der Waals surface area contributed by atoms with Crippen LogP contribution >= 0.6 is 0 Å². The molecular weight excluding hydrogens is 386 g/mol. The molecule has 4 rings (SSSR count). The van der Waals surface area contributed by atoms with Crippen molar-refractivity contribution < 1.29 is 14.3 Å². The molecule has 2 aromatic heterocycles. The van der Waals surface area contributed by atoms with E-state index in [2.05, 4.69) is 30.7 Å². The molecule has 2 amide bonds. The van der Waals surface area contributed by atoms with Crippen molar-refractivity contribution in [1.82, 2.24) is 35.6 Å². The lowest BCUT2D eigenvalue weighted by molar-refractivity contribution is -0.136. The standard InChI is InChI=1S/C20H23N7O3/c1-2-30-12-17(28)27-9-8-14-15(11-27)23-25-18(14)20(29)21-10-16-22-19(26-24-16)13-6-4-3-5-7-13/h3-7H,2,8-12H2,1H3,(H,21,29)(H,23,25)(H,22,24,26). The molecule has 10 heteroatoms. The number of ether oxygens (including phenoxy) is 1. The lowest BCUT2D eigenvalue weighted by Gasteiger charge is -2.26. The molecule has 0 saturated carbocycles. The highest BCUT2D eigenvalue weighted by Gasteiger charge is 2.27. The molecule has 3 N–H and O–H groups in total. The van der Waals surface area contributed by atoms with E-state index in [-0.39, 0.29) is 25.0 Å². The van der Waals surface area contributed by atoms with E-state index in [9.17, 15) is 9.59 Å². The molecule has 1 aromatic carbocycles. The Morgan fingerprint density at radius 1 is 1.20 bits per heavy atom. The number of hydrogen-bond acceptors (Lipinski definition) is 6. The lowest BCUT2D eigenvalue weighted by Crippen LogP contribution is -2.38. The maximum absolute atomic E-state index is 12.6. The summed E-state index contributed by atoms with van der Waals surface area (Å²) in [6.07, 6.45) is 0.562. The summed E-state index contributed by atoms with van der Waals surface area (Å²) in [6, 6.07) is 9.60. The Labute approximate surface area is 173 Å². The smallest absolute Gasteiger partial charge is 0.272 e. The number of nitrogens with zero attached hydrogens (tertiary/aromatic N) is 4. The van der Waals surface area contributed by atoms with Crippen LogP contribution < -0.4 is 5.32 Å². The van der Waals surface area contributed by atoms with Crippen LogP contribution in [0.2, 0.25) is 0 Å². The minimum atomic E-state index is -0.292.